The van der Waals surface area contributed by atoms with Crippen LogP contribution in [0.25, 0.3) is 5.82 Å². The van der Waals surface area contributed by atoms with Crippen molar-refractivity contribution in [3.05, 3.63) is 65.6 Å². The largest absolute Gasteiger partial charge is 0.493 e. The summed E-state index contributed by atoms with van der Waals surface area (Å²) in [5.74, 6) is 0.620. The van der Waals surface area contributed by atoms with Crippen molar-refractivity contribution < 1.29 is 19.1 Å². The predicted octanol–water partition coefficient (Wildman–Crippen LogP) is 2.31. The van der Waals surface area contributed by atoms with E-state index < -0.39 is 11.8 Å². The molecule has 9 nitrogen and oxygen atoms in total. The van der Waals surface area contributed by atoms with Crippen molar-refractivity contribution in [2.75, 3.05) is 13.7 Å². The number of aromatic nitrogens is 3. The molecule has 30 heavy (non-hydrogen) atoms. The number of carbonyl (C=O) groups is 2. The van der Waals surface area contributed by atoms with Crippen LogP contribution in [-0.2, 0) is 6.42 Å². The molecule has 1 aromatic carbocycles. The van der Waals surface area contributed by atoms with Crippen molar-refractivity contribution in [1.82, 2.24) is 25.6 Å². The van der Waals surface area contributed by atoms with Crippen LogP contribution in [0.15, 0.2) is 48.8 Å². The molecule has 0 atom stereocenters. The first kappa shape index (κ1) is 20.8. The van der Waals surface area contributed by atoms with Crippen LogP contribution in [0.2, 0.25) is 0 Å². The molecule has 9 heteroatoms. The van der Waals surface area contributed by atoms with Crippen LogP contribution in [0.1, 0.15) is 40.3 Å². The fourth-order valence-corrected chi connectivity index (χ4v) is 2.92. The number of nitrogens with zero attached hydrogens (tertiary/aromatic N) is 3. The Morgan fingerprint density at radius 3 is 2.53 bits per heavy atom. The Hall–Kier alpha value is -3.88. The molecule has 0 aliphatic carbocycles. The molecule has 0 aliphatic heterocycles. The summed E-state index contributed by atoms with van der Waals surface area (Å²) < 4.78 is 12.3. The van der Waals surface area contributed by atoms with Gasteiger partial charge in [-0.15, -0.1) is 0 Å². The van der Waals surface area contributed by atoms with E-state index in [9.17, 15) is 9.59 Å². The van der Waals surface area contributed by atoms with Gasteiger partial charge in [-0.25, -0.2) is 9.67 Å². The minimum absolute atomic E-state index is 0.315. The second-order valence-corrected chi connectivity index (χ2v) is 6.17. The first-order valence-electron chi connectivity index (χ1n) is 9.48. The van der Waals surface area contributed by atoms with E-state index >= 15 is 0 Å². The standard InChI is InChI=1S/C21H23N5O4/c1-4-16-15(13-23-26(16)19-8-6-7-11-22-19)21(28)25-24-20(27)14-9-10-17(30-5-2)18(12-14)29-3/h6-13H,4-5H2,1-3H3,(H,24,27)(H,25,28). The zero-order valence-electron chi connectivity index (χ0n) is 17.0. The molecule has 156 valence electrons. The molecule has 0 spiro atoms. The molecule has 3 aromatic rings. The van der Waals surface area contributed by atoms with E-state index in [4.69, 9.17) is 9.47 Å². The zero-order valence-corrected chi connectivity index (χ0v) is 17.0. The predicted molar refractivity (Wildman–Crippen MR) is 110 cm³/mol. The van der Waals surface area contributed by atoms with Gasteiger partial charge in [-0.1, -0.05) is 13.0 Å². The first-order chi connectivity index (χ1) is 14.6. The molecule has 0 aliphatic rings. The van der Waals surface area contributed by atoms with Crippen LogP contribution in [0, 0.1) is 0 Å². The van der Waals surface area contributed by atoms with Gasteiger partial charge in [0.05, 0.1) is 31.2 Å². The van der Waals surface area contributed by atoms with E-state index in [0.717, 1.165) is 0 Å². The lowest BCUT2D eigenvalue weighted by Gasteiger charge is -2.12. The van der Waals surface area contributed by atoms with Crippen LogP contribution in [-0.4, -0.2) is 40.3 Å². The third-order valence-electron chi connectivity index (χ3n) is 4.33. The van der Waals surface area contributed by atoms with Crippen molar-refractivity contribution in [1.29, 1.82) is 0 Å². The molecular formula is C21H23N5O4. The highest BCUT2D eigenvalue weighted by molar-refractivity contribution is 5.99. The van der Waals surface area contributed by atoms with Crippen LogP contribution >= 0.6 is 0 Å². The lowest BCUT2D eigenvalue weighted by atomic mass is 10.2. The van der Waals surface area contributed by atoms with Crippen molar-refractivity contribution in [2.24, 2.45) is 0 Å². The highest BCUT2D eigenvalue weighted by Crippen LogP contribution is 2.27. The number of benzene rings is 1. The molecule has 0 saturated heterocycles. The highest BCUT2D eigenvalue weighted by atomic mass is 16.5. The molecule has 2 heterocycles. The lowest BCUT2D eigenvalue weighted by molar-refractivity contribution is 0.0846. The fraction of sp³-hybridized carbons (Fsp3) is 0.238. The molecule has 0 fully saturated rings. The molecule has 0 saturated carbocycles. The first-order valence-corrected chi connectivity index (χ1v) is 9.48. The highest BCUT2D eigenvalue weighted by Gasteiger charge is 2.19. The summed E-state index contributed by atoms with van der Waals surface area (Å²) in [5.41, 5.74) is 6.20. The minimum Gasteiger partial charge on any atom is -0.493 e. The summed E-state index contributed by atoms with van der Waals surface area (Å²) in [6, 6.07) is 10.2. The topological polar surface area (TPSA) is 107 Å². The second kappa shape index (κ2) is 9.55. The second-order valence-electron chi connectivity index (χ2n) is 6.17. The zero-order chi connectivity index (χ0) is 21.5. The Labute approximate surface area is 174 Å². The van der Waals surface area contributed by atoms with Gasteiger partial charge in [0.25, 0.3) is 11.8 Å². The van der Waals surface area contributed by atoms with Gasteiger partial charge >= 0.3 is 0 Å². The summed E-state index contributed by atoms with van der Waals surface area (Å²) in [4.78, 5) is 29.3. The maximum atomic E-state index is 12.6. The quantitative estimate of drug-likeness (QED) is 0.580. The molecule has 2 amide bonds. The molecule has 0 unspecified atom stereocenters. The number of amides is 2. The van der Waals surface area contributed by atoms with Gasteiger partial charge in [0.2, 0.25) is 0 Å². The monoisotopic (exact) mass is 409 g/mol. The summed E-state index contributed by atoms with van der Waals surface area (Å²) in [7, 11) is 1.49. The molecular weight excluding hydrogens is 386 g/mol. The van der Waals surface area contributed by atoms with Gasteiger partial charge in [-0.2, -0.15) is 5.10 Å². The average molecular weight is 409 g/mol. The van der Waals surface area contributed by atoms with E-state index in [-0.39, 0.29) is 0 Å². The number of carbonyl (C=O) groups excluding carboxylic acids is 2. The fourth-order valence-electron chi connectivity index (χ4n) is 2.92. The summed E-state index contributed by atoms with van der Waals surface area (Å²) in [5, 5.41) is 4.26. The van der Waals surface area contributed by atoms with Gasteiger partial charge in [-0.05, 0) is 43.7 Å². The maximum Gasteiger partial charge on any atom is 0.273 e. The molecule has 0 radical (unpaired) electrons. The van der Waals surface area contributed by atoms with Crippen LogP contribution in [0.3, 0.4) is 0 Å². The smallest absolute Gasteiger partial charge is 0.273 e. The number of pyridine rings is 1. The van der Waals surface area contributed by atoms with E-state index in [1.165, 1.54) is 13.3 Å². The molecule has 2 N–H and O–H groups in total. The van der Waals surface area contributed by atoms with Crippen molar-refractivity contribution >= 4 is 11.8 Å². The van der Waals surface area contributed by atoms with Gasteiger partial charge in [0.15, 0.2) is 17.3 Å². The van der Waals surface area contributed by atoms with Gasteiger partial charge in [0.1, 0.15) is 0 Å². The summed E-state index contributed by atoms with van der Waals surface area (Å²) >= 11 is 0. The van der Waals surface area contributed by atoms with Gasteiger partial charge < -0.3 is 9.47 Å². The third-order valence-corrected chi connectivity index (χ3v) is 4.33. The van der Waals surface area contributed by atoms with E-state index in [1.54, 1.807) is 41.2 Å². The minimum atomic E-state index is -0.486. The lowest BCUT2D eigenvalue weighted by Crippen LogP contribution is -2.41. The number of hydrogen-bond acceptors (Lipinski definition) is 6. The SMILES string of the molecule is CCOc1ccc(C(=O)NNC(=O)c2cnn(-c3ccccn3)c2CC)cc1OC. The number of hydrogen-bond donors (Lipinski definition) is 2. The number of rotatable bonds is 7. The van der Waals surface area contributed by atoms with Crippen molar-refractivity contribution in [3.8, 4) is 17.3 Å². The van der Waals surface area contributed by atoms with E-state index in [1.807, 2.05) is 19.9 Å². The van der Waals surface area contributed by atoms with Gasteiger partial charge in [-0.3, -0.25) is 20.4 Å². The number of methoxy groups -OCH3 is 1. The molecule has 0 bridgehead atoms. The van der Waals surface area contributed by atoms with Crippen LogP contribution < -0.4 is 20.3 Å². The van der Waals surface area contributed by atoms with Crippen molar-refractivity contribution in [3.63, 3.8) is 0 Å². The average Bonchev–Trinajstić information content (AvgIpc) is 3.22. The number of hydrazine groups is 1. The Bertz CT molecular complexity index is 1030. The number of ether oxygens (including phenoxy) is 2. The Balaban J connectivity index is 1.72. The Morgan fingerprint density at radius 2 is 1.87 bits per heavy atom. The van der Waals surface area contributed by atoms with Crippen LogP contribution in [0.4, 0.5) is 0 Å². The maximum absolute atomic E-state index is 12.6. The van der Waals surface area contributed by atoms with Crippen LogP contribution in [0.5, 0.6) is 11.5 Å². The third kappa shape index (κ3) is 4.40. The Kier molecular flexibility index (Phi) is 6.63. The van der Waals surface area contributed by atoms with Crippen molar-refractivity contribution in [2.45, 2.75) is 20.3 Å². The Morgan fingerprint density at radius 1 is 1.07 bits per heavy atom. The summed E-state index contributed by atoms with van der Waals surface area (Å²) in [6.45, 7) is 4.25. The molecule has 3 rings (SSSR count). The number of nitrogens with one attached hydrogen (secondary N) is 2. The van der Waals surface area contributed by atoms with E-state index in [0.29, 0.717) is 47.2 Å². The summed E-state index contributed by atoms with van der Waals surface area (Å²) in [6.07, 6.45) is 3.67. The normalized spacial score (nSPS) is 10.4. The van der Waals surface area contributed by atoms with E-state index in [2.05, 4.69) is 20.9 Å². The van der Waals surface area contributed by atoms with Gasteiger partial charge in [0, 0.05) is 11.8 Å². The molecule has 2 aromatic heterocycles.